The number of aliphatic hydroxyl groups is 1. The van der Waals surface area contributed by atoms with Gasteiger partial charge in [-0.3, -0.25) is 14.7 Å². The van der Waals surface area contributed by atoms with Crippen LogP contribution in [-0.4, -0.2) is 60.7 Å². The number of fused-ring (bicyclic) bond motifs is 2. The maximum Gasteiger partial charge on any atom is 0.393 e. The molecule has 14 heteroatoms. The predicted octanol–water partition coefficient (Wildman–Crippen LogP) is 6.26. The average Bonchev–Trinajstić information content (AvgIpc) is 3.64. The molecule has 5 aromatic rings. The van der Waals surface area contributed by atoms with E-state index in [1.54, 1.807) is 16.7 Å². The molecule has 3 N–H and O–H groups in total. The highest BCUT2D eigenvalue weighted by Gasteiger charge is 2.29. The molecule has 4 aromatic heterocycles. The number of carbonyl (C=O) groups is 1. The molecule has 0 saturated carbocycles. The molecule has 1 atom stereocenters. The molecular formula is C34H33F3N8O2S. The number of alkyl halides is 3. The Morgan fingerprint density at radius 2 is 1.98 bits per heavy atom. The van der Waals surface area contributed by atoms with Crippen molar-refractivity contribution in [2.75, 3.05) is 23.7 Å². The van der Waals surface area contributed by atoms with Crippen molar-refractivity contribution in [3.05, 3.63) is 89.0 Å². The van der Waals surface area contributed by atoms with Crippen LogP contribution in [-0.2, 0) is 24.3 Å². The third-order valence-corrected chi connectivity index (χ3v) is 9.64. The Labute approximate surface area is 278 Å². The van der Waals surface area contributed by atoms with Gasteiger partial charge < -0.3 is 20.3 Å². The number of thiophene rings is 1. The zero-order chi connectivity index (χ0) is 34.0. The number of piperidine rings is 1. The molecule has 6 rings (SSSR count). The number of amides is 1. The number of anilines is 2. The summed E-state index contributed by atoms with van der Waals surface area (Å²) in [6.45, 7) is 7.97. The van der Waals surface area contributed by atoms with Crippen LogP contribution in [0.2, 0.25) is 0 Å². The molecule has 0 spiro atoms. The lowest BCUT2D eigenvalue weighted by Crippen LogP contribution is -2.39. The van der Waals surface area contributed by atoms with Gasteiger partial charge >= 0.3 is 6.18 Å². The van der Waals surface area contributed by atoms with Crippen molar-refractivity contribution in [1.82, 2.24) is 24.4 Å². The fourth-order valence-electron chi connectivity index (χ4n) is 6.09. The number of aromatic nitrogens is 4. The number of hydrogen-bond donors (Lipinski definition) is 3. The lowest BCUT2D eigenvalue weighted by Gasteiger charge is -2.33. The van der Waals surface area contributed by atoms with Crippen molar-refractivity contribution in [1.29, 1.82) is 5.26 Å². The Morgan fingerprint density at radius 1 is 1.19 bits per heavy atom. The third-order valence-electron chi connectivity index (χ3n) is 8.59. The van der Waals surface area contributed by atoms with Gasteiger partial charge in [0.1, 0.15) is 34.8 Å². The molecule has 1 aliphatic rings. The van der Waals surface area contributed by atoms with Crippen molar-refractivity contribution in [3.8, 4) is 6.07 Å². The number of likely N-dealkylation sites (tertiary alicyclic amines) is 1. The van der Waals surface area contributed by atoms with E-state index in [4.69, 9.17) is 0 Å². The van der Waals surface area contributed by atoms with Crippen LogP contribution >= 0.6 is 11.3 Å². The number of aryl methyl sites for hydroxylation is 1. The van der Waals surface area contributed by atoms with Crippen molar-refractivity contribution < 1.29 is 23.1 Å². The number of aliphatic hydroxyl groups excluding tert-OH is 1. The molecule has 1 aromatic carbocycles. The summed E-state index contributed by atoms with van der Waals surface area (Å²) in [5, 5.41) is 28.5. The van der Waals surface area contributed by atoms with E-state index in [1.165, 1.54) is 18.6 Å². The summed E-state index contributed by atoms with van der Waals surface area (Å²) in [7, 11) is 0. The van der Waals surface area contributed by atoms with E-state index < -0.39 is 18.7 Å². The number of nitrogens with zero attached hydrogens (tertiary/aromatic N) is 6. The highest BCUT2D eigenvalue weighted by Crippen LogP contribution is 2.34. The van der Waals surface area contributed by atoms with Gasteiger partial charge in [-0.25, -0.2) is 9.97 Å². The molecule has 1 saturated heterocycles. The summed E-state index contributed by atoms with van der Waals surface area (Å²) in [5.74, 6) is 0.209. The van der Waals surface area contributed by atoms with Gasteiger partial charge in [0, 0.05) is 41.5 Å². The Kier molecular flexibility index (Phi) is 9.45. The number of carbonyl (C=O) groups excluding carboxylic acids is 1. The van der Waals surface area contributed by atoms with Crippen LogP contribution in [0.5, 0.6) is 0 Å². The highest BCUT2D eigenvalue weighted by molar-refractivity contribution is 7.18. The summed E-state index contributed by atoms with van der Waals surface area (Å²) in [6.07, 6.45) is -0.540. The Hall–Kier alpha value is -4.84. The van der Waals surface area contributed by atoms with Crippen molar-refractivity contribution in [2.24, 2.45) is 0 Å². The van der Waals surface area contributed by atoms with Gasteiger partial charge in [0.15, 0.2) is 0 Å². The van der Waals surface area contributed by atoms with Crippen molar-refractivity contribution in [2.45, 2.75) is 57.6 Å². The van der Waals surface area contributed by atoms with E-state index >= 15 is 0 Å². The lowest BCUT2D eigenvalue weighted by atomic mass is 10.0. The van der Waals surface area contributed by atoms with Crippen molar-refractivity contribution in [3.63, 3.8) is 0 Å². The van der Waals surface area contributed by atoms with Crippen LogP contribution in [0.3, 0.4) is 0 Å². The first-order valence-electron chi connectivity index (χ1n) is 15.4. The summed E-state index contributed by atoms with van der Waals surface area (Å²) in [4.78, 5) is 27.5. The van der Waals surface area contributed by atoms with Crippen LogP contribution in [0.4, 0.5) is 24.7 Å². The van der Waals surface area contributed by atoms with E-state index in [9.17, 15) is 28.3 Å². The number of rotatable bonds is 10. The minimum atomic E-state index is -4.28. The Morgan fingerprint density at radius 3 is 2.67 bits per heavy atom. The van der Waals surface area contributed by atoms with Crippen LogP contribution in [0.15, 0.2) is 61.6 Å². The van der Waals surface area contributed by atoms with Gasteiger partial charge in [0.05, 0.1) is 35.9 Å². The lowest BCUT2D eigenvalue weighted by molar-refractivity contribution is -0.126. The van der Waals surface area contributed by atoms with E-state index in [2.05, 4.69) is 49.2 Å². The predicted molar refractivity (Wildman–Crippen MR) is 179 cm³/mol. The fourth-order valence-corrected chi connectivity index (χ4v) is 7.12. The molecule has 1 aliphatic heterocycles. The quantitative estimate of drug-likeness (QED) is 0.148. The van der Waals surface area contributed by atoms with Crippen molar-refractivity contribution >= 4 is 49.9 Å². The van der Waals surface area contributed by atoms with E-state index in [-0.39, 0.29) is 23.4 Å². The van der Waals surface area contributed by atoms with Crippen LogP contribution < -0.4 is 10.6 Å². The third kappa shape index (κ3) is 7.33. The molecule has 0 aliphatic carbocycles. The van der Waals surface area contributed by atoms with Gasteiger partial charge in [-0.2, -0.15) is 18.4 Å². The minimum Gasteiger partial charge on any atom is -0.385 e. The fraction of sp³-hybridized carbons (Fsp3) is 0.324. The first-order chi connectivity index (χ1) is 23.0. The molecule has 0 bridgehead atoms. The number of benzene rings is 1. The Bertz CT molecular complexity index is 2010. The Balaban J connectivity index is 1.10. The van der Waals surface area contributed by atoms with Crippen LogP contribution in [0.25, 0.3) is 21.1 Å². The zero-order valence-electron chi connectivity index (χ0n) is 26.1. The zero-order valence-corrected chi connectivity index (χ0v) is 26.9. The molecule has 0 radical (unpaired) electrons. The summed E-state index contributed by atoms with van der Waals surface area (Å²) < 4.78 is 40.6. The maximum absolute atomic E-state index is 12.9. The maximum atomic E-state index is 12.9. The second-order valence-electron chi connectivity index (χ2n) is 11.9. The number of nitrogens with one attached hydrogen (secondary N) is 2. The smallest absolute Gasteiger partial charge is 0.385 e. The number of nitriles is 1. The number of halogens is 3. The number of hydrogen-bond acceptors (Lipinski definition) is 9. The molecule has 1 unspecified atom stereocenters. The van der Waals surface area contributed by atoms with Gasteiger partial charge in [0.25, 0.3) is 0 Å². The summed E-state index contributed by atoms with van der Waals surface area (Å²) in [5.41, 5.74) is 4.37. The van der Waals surface area contributed by atoms with Crippen LogP contribution in [0, 0.1) is 18.3 Å². The molecule has 5 heterocycles. The molecule has 1 fully saturated rings. The SMILES string of the molecule is C=CC(=O)Nc1ccc(C(O)Cn2c(C#N)cc3c(C)c(CN4CCC(Nc5ncnc6sc(CC(F)(F)F)cc56)CC4)ccc32)nc1. The standard InChI is InChI=1S/C34H33F3N8O2S/c1-3-31(47)42-23-5-6-28(39-16-23)30(46)18-45-24(15-38)12-26-20(2)21(4-7-29(26)45)17-44-10-8-22(9-11-44)43-32-27-13-25(14-34(35,36)37)48-33(27)41-19-40-32/h3-7,12-13,16,19,22,30,46H,1,8-11,14,17-18H2,2H3,(H,42,47)(H,40,41,43). The van der Waals surface area contributed by atoms with E-state index in [0.29, 0.717) is 33.1 Å². The highest BCUT2D eigenvalue weighted by atomic mass is 32.1. The first kappa shape index (κ1) is 33.1. The monoisotopic (exact) mass is 674 g/mol. The first-order valence-corrected chi connectivity index (χ1v) is 16.2. The summed E-state index contributed by atoms with van der Waals surface area (Å²) in [6, 6.07) is 13.1. The molecule has 48 heavy (non-hydrogen) atoms. The second kappa shape index (κ2) is 13.7. The van der Waals surface area contributed by atoms with Crippen LogP contribution in [0.1, 0.15) is 46.3 Å². The number of pyridine rings is 1. The van der Waals surface area contributed by atoms with Gasteiger partial charge in [0.2, 0.25) is 5.91 Å². The van der Waals surface area contributed by atoms with Gasteiger partial charge in [-0.15, -0.1) is 11.3 Å². The normalized spacial score (nSPS) is 15.0. The minimum absolute atomic E-state index is 0.129. The van der Waals surface area contributed by atoms with Gasteiger partial charge in [-0.1, -0.05) is 12.6 Å². The molecule has 248 valence electrons. The van der Waals surface area contributed by atoms with E-state index in [1.807, 2.05) is 19.1 Å². The average molecular weight is 675 g/mol. The van der Waals surface area contributed by atoms with Gasteiger partial charge in [-0.05, 0) is 67.3 Å². The van der Waals surface area contributed by atoms with E-state index in [0.717, 1.165) is 71.9 Å². The summed E-state index contributed by atoms with van der Waals surface area (Å²) >= 11 is 1.04. The molecular weight excluding hydrogens is 641 g/mol. The molecule has 10 nitrogen and oxygen atoms in total. The molecule has 1 amide bonds. The largest absolute Gasteiger partial charge is 0.393 e. The topological polar surface area (TPSA) is 132 Å². The second-order valence-corrected chi connectivity index (χ2v) is 13.0.